The minimum atomic E-state index is 0.873. The first-order valence-corrected chi connectivity index (χ1v) is 16.8. The van der Waals surface area contributed by atoms with Crippen molar-refractivity contribution in [1.29, 1.82) is 0 Å². The first-order chi connectivity index (χ1) is 24.7. The molecule has 0 aliphatic carbocycles. The highest BCUT2D eigenvalue weighted by molar-refractivity contribution is 6.11. The van der Waals surface area contributed by atoms with Crippen molar-refractivity contribution >= 4 is 93.7 Å². The first kappa shape index (κ1) is 27.2. The van der Waals surface area contributed by atoms with E-state index in [9.17, 15) is 0 Å². The standard InChI is InChI=1S/C46H27NO3/c1-6-12-43-35(7-1)38-24-30-14-13-29(23-31(30)25-46(38)50-43)28-15-17-32(18-16-28)47(33-19-21-44-39(26-33)36-8-2-4-10-41(36)48-44)34-20-22-45-40(27-34)37-9-3-5-11-42(37)49-45/h1-27H. The molecule has 50 heavy (non-hydrogen) atoms. The number of fused-ring (bicyclic) bond motifs is 10. The van der Waals surface area contributed by atoms with Gasteiger partial charge in [0.05, 0.1) is 0 Å². The van der Waals surface area contributed by atoms with Crippen LogP contribution < -0.4 is 4.90 Å². The summed E-state index contributed by atoms with van der Waals surface area (Å²) in [7, 11) is 0. The number of nitrogens with zero attached hydrogens (tertiary/aromatic N) is 1. The lowest BCUT2D eigenvalue weighted by Gasteiger charge is -2.26. The van der Waals surface area contributed by atoms with Gasteiger partial charge < -0.3 is 18.2 Å². The summed E-state index contributed by atoms with van der Waals surface area (Å²) in [6.07, 6.45) is 0. The Balaban J connectivity index is 1.04. The minimum Gasteiger partial charge on any atom is -0.456 e. The van der Waals surface area contributed by atoms with E-state index in [1.165, 1.54) is 5.39 Å². The monoisotopic (exact) mass is 641 g/mol. The molecule has 0 saturated heterocycles. The van der Waals surface area contributed by atoms with Gasteiger partial charge in [0, 0.05) is 49.4 Å². The van der Waals surface area contributed by atoms with Crippen LogP contribution in [0.1, 0.15) is 0 Å². The van der Waals surface area contributed by atoms with Gasteiger partial charge in [-0.25, -0.2) is 0 Å². The summed E-state index contributed by atoms with van der Waals surface area (Å²) in [5.41, 5.74) is 10.8. The maximum atomic E-state index is 6.21. The van der Waals surface area contributed by atoms with Gasteiger partial charge in [-0.15, -0.1) is 0 Å². The summed E-state index contributed by atoms with van der Waals surface area (Å²) in [5, 5.41) is 9.02. The molecule has 0 saturated carbocycles. The largest absolute Gasteiger partial charge is 0.456 e. The summed E-state index contributed by atoms with van der Waals surface area (Å²) in [5.74, 6) is 0. The molecule has 11 aromatic rings. The molecule has 0 fully saturated rings. The van der Waals surface area contributed by atoms with E-state index >= 15 is 0 Å². The Labute approximate surface area is 286 Å². The van der Waals surface area contributed by atoms with E-state index in [1.54, 1.807) is 0 Å². The smallest absolute Gasteiger partial charge is 0.136 e. The summed E-state index contributed by atoms with van der Waals surface area (Å²) in [4.78, 5) is 2.31. The van der Waals surface area contributed by atoms with Crippen LogP contribution in [0, 0.1) is 0 Å². The lowest BCUT2D eigenvalue weighted by Crippen LogP contribution is -2.09. The van der Waals surface area contributed by atoms with Crippen LogP contribution in [-0.2, 0) is 0 Å². The van der Waals surface area contributed by atoms with Gasteiger partial charge in [-0.3, -0.25) is 0 Å². The Kier molecular flexibility index (Phi) is 5.63. The predicted molar refractivity (Wildman–Crippen MR) is 206 cm³/mol. The van der Waals surface area contributed by atoms with Crippen molar-refractivity contribution in [3.63, 3.8) is 0 Å². The van der Waals surface area contributed by atoms with Crippen molar-refractivity contribution in [3.8, 4) is 11.1 Å². The number of rotatable bonds is 4. The van der Waals surface area contributed by atoms with Crippen molar-refractivity contribution < 1.29 is 13.3 Å². The van der Waals surface area contributed by atoms with Crippen LogP contribution in [-0.4, -0.2) is 0 Å². The Bertz CT molecular complexity index is 2990. The SMILES string of the molecule is c1ccc2c(c1)oc1ccc(N(c3ccc(-c4ccc5cc6c(cc5c4)oc4ccccc46)cc3)c3ccc4oc5ccccc5c4c3)cc12. The van der Waals surface area contributed by atoms with Crippen molar-refractivity contribution in [2.24, 2.45) is 0 Å². The predicted octanol–water partition coefficient (Wildman–Crippen LogP) is 13.7. The van der Waals surface area contributed by atoms with Gasteiger partial charge in [-0.05, 0) is 107 Å². The molecule has 11 rings (SSSR count). The van der Waals surface area contributed by atoms with Crippen LogP contribution in [0.2, 0.25) is 0 Å². The highest BCUT2D eigenvalue weighted by atomic mass is 16.3. The Hall–Kier alpha value is -6.78. The Morgan fingerprint density at radius 2 is 0.740 bits per heavy atom. The molecule has 0 unspecified atom stereocenters. The van der Waals surface area contributed by atoms with Crippen LogP contribution in [0.5, 0.6) is 0 Å². The molecular formula is C46H27NO3. The van der Waals surface area contributed by atoms with Gasteiger partial charge in [0.2, 0.25) is 0 Å². The normalized spacial score (nSPS) is 12.0. The van der Waals surface area contributed by atoms with Crippen LogP contribution in [0.25, 0.3) is 87.7 Å². The van der Waals surface area contributed by atoms with Crippen LogP contribution in [0.15, 0.2) is 177 Å². The van der Waals surface area contributed by atoms with E-state index in [0.717, 1.165) is 99.4 Å². The molecule has 0 radical (unpaired) electrons. The average Bonchev–Trinajstić information content (AvgIpc) is 3.85. The van der Waals surface area contributed by atoms with E-state index < -0.39 is 0 Å². The van der Waals surface area contributed by atoms with E-state index in [4.69, 9.17) is 13.3 Å². The first-order valence-electron chi connectivity index (χ1n) is 16.8. The number of furan rings is 3. The van der Waals surface area contributed by atoms with Crippen LogP contribution in [0.3, 0.4) is 0 Å². The zero-order valence-electron chi connectivity index (χ0n) is 26.8. The number of para-hydroxylation sites is 3. The molecule has 0 bridgehead atoms. The highest BCUT2D eigenvalue weighted by Gasteiger charge is 2.18. The summed E-state index contributed by atoms with van der Waals surface area (Å²) >= 11 is 0. The summed E-state index contributed by atoms with van der Waals surface area (Å²) < 4.78 is 18.6. The van der Waals surface area contributed by atoms with Gasteiger partial charge in [0.25, 0.3) is 0 Å². The molecule has 0 N–H and O–H groups in total. The van der Waals surface area contributed by atoms with E-state index in [2.05, 4.69) is 132 Å². The molecule has 3 aromatic heterocycles. The fraction of sp³-hybridized carbons (Fsp3) is 0. The molecule has 234 valence electrons. The quantitative estimate of drug-likeness (QED) is 0.192. The third kappa shape index (κ3) is 4.12. The number of hydrogen-bond donors (Lipinski definition) is 0. The van der Waals surface area contributed by atoms with Crippen LogP contribution in [0.4, 0.5) is 17.1 Å². The van der Waals surface area contributed by atoms with Crippen LogP contribution >= 0.6 is 0 Å². The van der Waals surface area contributed by atoms with Gasteiger partial charge in [-0.1, -0.05) is 78.9 Å². The molecule has 0 aliphatic rings. The van der Waals surface area contributed by atoms with Gasteiger partial charge in [0.15, 0.2) is 0 Å². The fourth-order valence-corrected chi connectivity index (χ4v) is 7.60. The van der Waals surface area contributed by atoms with E-state index in [-0.39, 0.29) is 0 Å². The molecule has 8 aromatic carbocycles. The lowest BCUT2D eigenvalue weighted by molar-refractivity contribution is 0.668. The second-order valence-electron chi connectivity index (χ2n) is 12.9. The molecule has 0 amide bonds. The number of hydrogen-bond acceptors (Lipinski definition) is 4. The fourth-order valence-electron chi connectivity index (χ4n) is 7.60. The zero-order valence-corrected chi connectivity index (χ0v) is 26.8. The third-order valence-electron chi connectivity index (χ3n) is 10.0. The number of benzene rings is 8. The lowest BCUT2D eigenvalue weighted by atomic mass is 9.99. The van der Waals surface area contributed by atoms with Crippen molar-refractivity contribution in [1.82, 2.24) is 0 Å². The number of anilines is 3. The van der Waals surface area contributed by atoms with Crippen molar-refractivity contribution in [2.75, 3.05) is 4.90 Å². The minimum absolute atomic E-state index is 0.873. The topological polar surface area (TPSA) is 42.7 Å². The Morgan fingerprint density at radius 1 is 0.280 bits per heavy atom. The average molecular weight is 642 g/mol. The van der Waals surface area contributed by atoms with Crippen molar-refractivity contribution in [3.05, 3.63) is 164 Å². The third-order valence-corrected chi connectivity index (χ3v) is 10.0. The molecule has 0 spiro atoms. The van der Waals surface area contributed by atoms with E-state index in [1.807, 2.05) is 36.4 Å². The summed E-state index contributed by atoms with van der Waals surface area (Å²) in [6.45, 7) is 0. The molecular weight excluding hydrogens is 615 g/mol. The second-order valence-corrected chi connectivity index (χ2v) is 12.9. The molecule has 3 heterocycles. The summed E-state index contributed by atoms with van der Waals surface area (Å²) in [6, 6.07) is 57.5. The van der Waals surface area contributed by atoms with Crippen molar-refractivity contribution in [2.45, 2.75) is 0 Å². The van der Waals surface area contributed by atoms with Gasteiger partial charge in [-0.2, -0.15) is 0 Å². The second kappa shape index (κ2) is 10.4. The highest BCUT2D eigenvalue weighted by Crippen LogP contribution is 2.42. The molecule has 0 aliphatic heterocycles. The Morgan fingerprint density at radius 3 is 1.32 bits per heavy atom. The zero-order chi connectivity index (χ0) is 32.8. The molecule has 4 heteroatoms. The van der Waals surface area contributed by atoms with Gasteiger partial charge >= 0.3 is 0 Å². The molecule has 4 nitrogen and oxygen atoms in total. The van der Waals surface area contributed by atoms with E-state index in [0.29, 0.717) is 0 Å². The molecule has 0 atom stereocenters. The maximum Gasteiger partial charge on any atom is 0.136 e. The maximum absolute atomic E-state index is 6.21. The van der Waals surface area contributed by atoms with Gasteiger partial charge in [0.1, 0.15) is 33.5 Å².